The van der Waals surface area contributed by atoms with E-state index < -0.39 is 29.7 Å². The third kappa shape index (κ3) is 6.56. The Labute approximate surface area is 203 Å². The molecule has 0 aliphatic heterocycles. The molecule has 0 aliphatic rings. The number of hydrogen-bond acceptors (Lipinski definition) is 8. The van der Waals surface area contributed by atoms with Crippen molar-refractivity contribution in [1.82, 2.24) is 30.5 Å². The van der Waals surface area contributed by atoms with Gasteiger partial charge in [0.2, 0.25) is 5.91 Å². The predicted octanol–water partition coefficient (Wildman–Crippen LogP) is 1.20. The summed E-state index contributed by atoms with van der Waals surface area (Å²) in [6.45, 7) is -0.318. The zero-order valence-electron chi connectivity index (χ0n) is 18.1. The van der Waals surface area contributed by atoms with Gasteiger partial charge in [-0.25, -0.2) is 9.97 Å². The lowest BCUT2D eigenvalue weighted by Gasteiger charge is -2.21. The molecule has 13 heteroatoms. The zero-order valence-corrected chi connectivity index (χ0v) is 19.7. The van der Waals surface area contributed by atoms with Gasteiger partial charge in [-0.1, -0.05) is 17.7 Å². The maximum Gasteiger partial charge on any atom is 0.314 e. The quantitative estimate of drug-likeness (QED) is 0.412. The summed E-state index contributed by atoms with van der Waals surface area (Å²) in [6.07, 6.45) is 4.46. The van der Waals surface area contributed by atoms with Crippen molar-refractivity contribution in [2.45, 2.75) is 6.04 Å². The van der Waals surface area contributed by atoms with E-state index in [-0.39, 0.29) is 17.4 Å². The molecule has 1 atom stereocenters. The van der Waals surface area contributed by atoms with Gasteiger partial charge >= 0.3 is 11.8 Å². The van der Waals surface area contributed by atoms with E-state index in [2.05, 4.69) is 30.9 Å². The third-order valence-electron chi connectivity index (χ3n) is 4.30. The largest absolute Gasteiger partial charge is 0.347 e. The molecular weight excluding hydrogens is 482 g/mol. The molecule has 3 rings (SSSR count). The molecule has 4 amide bonds. The molecule has 3 heterocycles. The van der Waals surface area contributed by atoms with Crippen LogP contribution in [0.4, 0.5) is 5.82 Å². The Hall–Kier alpha value is -3.90. The summed E-state index contributed by atoms with van der Waals surface area (Å²) < 4.78 is 0. The first-order chi connectivity index (χ1) is 16.2. The van der Waals surface area contributed by atoms with Crippen LogP contribution in [-0.2, 0) is 14.4 Å². The summed E-state index contributed by atoms with van der Waals surface area (Å²) in [5, 5.41) is 7.70. The molecule has 0 radical (unpaired) electrons. The highest BCUT2D eigenvalue weighted by Crippen LogP contribution is 2.23. The minimum atomic E-state index is -1.13. The fourth-order valence-corrected chi connectivity index (χ4v) is 3.54. The van der Waals surface area contributed by atoms with Gasteiger partial charge in [0.1, 0.15) is 11.9 Å². The number of anilines is 1. The van der Waals surface area contributed by atoms with Crippen LogP contribution in [0.5, 0.6) is 0 Å². The highest BCUT2D eigenvalue weighted by Gasteiger charge is 2.26. The molecular formula is C21H20ClN7O4S. The maximum atomic E-state index is 12.7. The van der Waals surface area contributed by atoms with Gasteiger partial charge < -0.3 is 20.9 Å². The first kappa shape index (κ1) is 24.7. The van der Waals surface area contributed by atoms with Crippen molar-refractivity contribution in [2.24, 2.45) is 0 Å². The van der Waals surface area contributed by atoms with Crippen molar-refractivity contribution in [1.29, 1.82) is 0 Å². The average molecular weight is 502 g/mol. The van der Waals surface area contributed by atoms with E-state index in [1.807, 2.05) is 6.07 Å². The highest BCUT2D eigenvalue weighted by atomic mass is 35.5. The van der Waals surface area contributed by atoms with Gasteiger partial charge in [0.15, 0.2) is 5.01 Å². The Morgan fingerprint density at radius 1 is 1.03 bits per heavy atom. The van der Waals surface area contributed by atoms with Gasteiger partial charge in [0.05, 0.1) is 15.6 Å². The maximum absolute atomic E-state index is 12.7. The van der Waals surface area contributed by atoms with Crippen molar-refractivity contribution < 1.29 is 19.2 Å². The van der Waals surface area contributed by atoms with Crippen molar-refractivity contribution in [3.05, 3.63) is 59.0 Å². The zero-order chi connectivity index (χ0) is 24.7. The van der Waals surface area contributed by atoms with E-state index in [9.17, 15) is 19.2 Å². The van der Waals surface area contributed by atoms with E-state index in [0.717, 1.165) is 11.3 Å². The number of amides is 4. The Kier molecular flexibility index (Phi) is 8.22. The molecule has 1 unspecified atom stereocenters. The second-order valence-electron chi connectivity index (χ2n) is 7.03. The predicted molar refractivity (Wildman–Crippen MR) is 126 cm³/mol. The van der Waals surface area contributed by atoms with Gasteiger partial charge in [0, 0.05) is 39.2 Å². The normalized spacial score (nSPS) is 11.3. The van der Waals surface area contributed by atoms with Crippen LogP contribution >= 0.6 is 22.9 Å². The number of pyridine rings is 2. The Morgan fingerprint density at radius 2 is 1.82 bits per heavy atom. The molecule has 0 bridgehead atoms. The summed E-state index contributed by atoms with van der Waals surface area (Å²) in [4.78, 5) is 63.7. The number of nitrogens with zero attached hydrogens (tertiary/aromatic N) is 4. The van der Waals surface area contributed by atoms with E-state index in [1.165, 1.54) is 43.5 Å². The minimum absolute atomic E-state index is 0.120. The lowest BCUT2D eigenvalue weighted by atomic mass is 10.2. The van der Waals surface area contributed by atoms with Crippen LogP contribution in [0.25, 0.3) is 10.6 Å². The van der Waals surface area contributed by atoms with Gasteiger partial charge in [-0.2, -0.15) is 0 Å². The Balaban J connectivity index is 1.63. The lowest BCUT2D eigenvalue weighted by molar-refractivity contribution is -0.136. The van der Waals surface area contributed by atoms with E-state index in [1.54, 1.807) is 18.3 Å². The SMILES string of the molecule is CN(C)C(=O)C(CNC(=O)C(=O)Nc1ccc(Cl)cn1)NC(=O)c1ncc(-c2ccccn2)s1. The van der Waals surface area contributed by atoms with Crippen LogP contribution < -0.4 is 16.0 Å². The van der Waals surface area contributed by atoms with Crippen LogP contribution in [0.15, 0.2) is 48.9 Å². The van der Waals surface area contributed by atoms with Gasteiger partial charge in [-0.3, -0.25) is 24.2 Å². The smallest absolute Gasteiger partial charge is 0.314 e. The number of aromatic nitrogens is 3. The van der Waals surface area contributed by atoms with E-state index in [0.29, 0.717) is 15.6 Å². The standard InChI is InChI=1S/C21H20ClN7O4S/c1-29(2)21(33)14(10-25-17(30)18(31)28-16-7-6-12(22)9-24-16)27-19(32)20-26-11-15(34-20)13-5-3-4-8-23-13/h3-9,11,14H,10H2,1-2H3,(H,25,30)(H,27,32)(H,24,28,31). The summed E-state index contributed by atoms with van der Waals surface area (Å²) >= 11 is 6.85. The van der Waals surface area contributed by atoms with Gasteiger partial charge in [-0.05, 0) is 24.3 Å². The molecule has 0 spiro atoms. The number of likely N-dealkylation sites (N-methyl/N-ethyl adjacent to an activating group) is 1. The molecule has 0 saturated carbocycles. The van der Waals surface area contributed by atoms with E-state index >= 15 is 0 Å². The third-order valence-corrected chi connectivity index (χ3v) is 5.55. The number of nitrogens with one attached hydrogen (secondary N) is 3. The summed E-state index contributed by atoms with van der Waals surface area (Å²) in [5.74, 6) is -2.94. The molecule has 11 nitrogen and oxygen atoms in total. The number of thiazole rings is 1. The van der Waals surface area contributed by atoms with Gasteiger partial charge in [-0.15, -0.1) is 11.3 Å². The minimum Gasteiger partial charge on any atom is -0.347 e. The van der Waals surface area contributed by atoms with Crippen molar-refractivity contribution in [3.8, 4) is 10.6 Å². The highest BCUT2D eigenvalue weighted by molar-refractivity contribution is 7.16. The van der Waals surface area contributed by atoms with Crippen LogP contribution in [0.3, 0.4) is 0 Å². The molecule has 3 aromatic heterocycles. The monoisotopic (exact) mass is 501 g/mol. The van der Waals surface area contributed by atoms with Crippen LogP contribution in [0.2, 0.25) is 5.02 Å². The van der Waals surface area contributed by atoms with Crippen molar-refractivity contribution in [2.75, 3.05) is 26.0 Å². The van der Waals surface area contributed by atoms with Crippen molar-refractivity contribution >= 4 is 52.4 Å². The number of halogens is 1. The topological polar surface area (TPSA) is 146 Å². The molecule has 176 valence electrons. The first-order valence-corrected chi connectivity index (χ1v) is 11.0. The fourth-order valence-electron chi connectivity index (χ4n) is 2.64. The van der Waals surface area contributed by atoms with Crippen LogP contribution in [0, 0.1) is 0 Å². The molecule has 34 heavy (non-hydrogen) atoms. The molecule has 0 saturated heterocycles. The number of carbonyl (C=O) groups is 4. The molecule has 0 fully saturated rings. The first-order valence-electron chi connectivity index (χ1n) is 9.84. The number of rotatable bonds is 7. The number of hydrogen-bond donors (Lipinski definition) is 3. The Morgan fingerprint density at radius 3 is 2.47 bits per heavy atom. The number of carbonyl (C=O) groups excluding carboxylic acids is 4. The molecule has 0 aliphatic carbocycles. The van der Waals surface area contributed by atoms with E-state index in [4.69, 9.17) is 11.6 Å². The molecule has 0 aromatic carbocycles. The Bertz CT molecular complexity index is 1190. The summed E-state index contributed by atoms with van der Waals surface area (Å²) in [5.41, 5.74) is 0.661. The van der Waals surface area contributed by atoms with Crippen LogP contribution in [-0.4, -0.2) is 70.2 Å². The summed E-state index contributed by atoms with van der Waals surface area (Å²) in [6, 6.07) is 7.18. The molecule has 3 N–H and O–H groups in total. The summed E-state index contributed by atoms with van der Waals surface area (Å²) in [7, 11) is 3.01. The van der Waals surface area contributed by atoms with Gasteiger partial charge in [0.25, 0.3) is 5.91 Å². The second-order valence-corrected chi connectivity index (χ2v) is 8.50. The second kappa shape index (κ2) is 11.3. The average Bonchev–Trinajstić information content (AvgIpc) is 3.33. The van der Waals surface area contributed by atoms with Crippen molar-refractivity contribution in [3.63, 3.8) is 0 Å². The molecule has 3 aromatic rings. The lowest BCUT2D eigenvalue weighted by Crippen LogP contribution is -2.53. The van der Waals surface area contributed by atoms with Crippen LogP contribution in [0.1, 0.15) is 9.80 Å². The fraction of sp³-hybridized carbons (Fsp3) is 0.190.